The molecule has 0 aromatic heterocycles. The molecule has 74 valence electrons. The van der Waals surface area contributed by atoms with Crippen molar-refractivity contribution in [1.82, 2.24) is 0 Å². The van der Waals surface area contributed by atoms with E-state index < -0.39 is 0 Å². The molecule has 0 amide bonds. The molecular weight excluding hydrogens is 164 g/mol. The summed E-state index contributed by atoms with van der Waals surface area (Å²) in [7, 11) is 1.75. The average molecular weight is 182 g/mol. The Labute approximate surface area is 79.9 Å². The molecule has 0 aromatic rings. The van der Waals surface area contributed by atoms with E-state index in [2.05, 4.69) is 6.08 Å². The number of methoxy groups -OCH3 is 1. The third kappa shape index (κ3) is 1.88. The highest BCUT2D eigenvalue weighted by Gasteiger charge is 2.30. The summed E-state index contributed by atoms with van der Waals surface area (Å²) >= 11 is 0. The van der Waals surface area contributed by atoms with Gasteiger partial charge in [0.05, 0.1) is 13.7 Å². The zero-order valence-corrected chi connectivity index (χ0v) is 8.29. The van der Waals surface area contributed by atoms with Gasteiger partial charge in [-0.25, -0.2) is 0 Å². The highest BCUT2D eigenvalue weighted by Crippen LogP contribution is 2.33. The lowest BCUT2D eigenvalue weighted by molar-refractivity contribution is 0.0294. The van der Waals surface area contributed by atoms with Gasteiger partial charge in [0.1, 0.15) is 11.9 Å². The number of ether oxygens (including phenoxy) is 2. The van der Waals surface area contributed by atoms with Crippen molar-refractivity contribution in [3.63, 3.8) is 0 Å². The normalized spacial score (nSPS) is 30.2. The minimum absolute atomic E-state index is 0.269. The molecular formula is C11H18O2. The molecule has 2 nitrogen and oxygen atoms in total. The van der Waals surface area contributed by atoms with Crippen LogP contribution in [0, 0.1) is 5.92 Å². The van der Waals surface area contributed by atoms with Crippen molar-refractivity contribution in [3.05, 3.63) is 11.8 Å². The average Bonchev–Trinajstić information content (AvgIpc) is 2.67. The van der Waals surface area contributed by atoms with Gasteiger partial charge < -0.3 is 9.47 Å². The monoisotopic (exact) mass is 182 g/mol. The molecule has 0 spiro atoms. The summed E-state index contributed by atoms with van der Waals surface area (Å²) < 4.78 is 11.0. The SMILES string of the molecule is COC1=CCOC1C1CCCCC1. The lowest BCUT2D eigenvalue weighted by atomic mass is 9.85. The molecule has 1 saturated carbocycles. The summed E-state index contributed by atoms with van der Waals surface area (Å²) in [6.45, 7) is 0.740. The number of rotatable bonds is 2. The third-order valence-electron chi connectivity index (χ3n) is 3.15. The Morgan fingerprint density at radius 1 is 1.31 bits per heavy atom. The van der Waals surface area contributed by atoms with Crippen LogP contribution in [0.1, 0.15) is 32.1 Å². The first-order chi connectivity index (χ1) is 6.42. The fourth-order valence-corrected chi connectivity index (χ4v) is 2.44. The van der Waals surface area contributed by atoms with E-state index in [-0.39, 0.29) is 6.10 Å². The molecule has 2 rings (SSSR count). The van der Waals surface area contributed by atoms with Crippen LogP contribution < -0.4 is 0 Å². The molecule has 0 saturated heterocycles. The molecule has 13 heavy (non-hydrogen) atoms. The Kier molecular flexibility index (Phi) is 2.89. The largest absolute Gasteiger partial charge is 0.499 e. The van der Waals surface area contributed by atoms with Crippen LogP contribution in [0.4, 0.5) is 0 Å². The second-order valence-corrected chi connectivity index (χ2v) is 3.96. The molecule has 2 heteroatoms. The van der Waals surface area contributed by atoms with E-state index in [0.29, 0.717) is 5.92 Å². The molecule has 0 N–H and O–H groups in total. The van der Waals surface area contributed by atoms with Crippen LogP contribution in [0.2, 0.25) is 0 Å². The predicted molar refractivity (Wildman–Crippen MR) is 51.4 cm³/mol. The van der Waals surface area contributed by atoms with Crippen LogP contribution in [0.15, 0.2) is 11.8 Å². The topological polar surface area (TPSA) is 18.5 Å². The maximum Gasteiger partial charge on any atom is 0.123 e. The summed E-state index contributed by atoms with van der Waals surface area (Å²) in [5.74, 6) is 1.77. The van der Waals surface area contributed by atoms with Crippen molar-refractivity contribution in [2.45, 2.75) is 38.2 Å². The molecule has 1 fully saturated rings. The summed E-state index contributed by atoms with van der Waals surface area (Å²) in [6, 6.07) is 0. The summed E-state index contributed by atoms with van der Waals surface area (Å²) in [5.41, 5.74) is 0. The third-order valence-corrected chi connectivity index (χ3v) is 3.15. The predicted octanol–water partition coefficient (Wildman–Crippen LogP) is 2.50. The van der Waals surface area contributed by atoms with E-state index in [1.165, 1.54) is 32.1 Å². The highest BCUT2D eigenvalue weighted by molar-refractivity contribution is 5.08. The van der Waals surface area contributed by atoms with Crippen molar-refractivity contribution < 1.29 is 9.47 Å². The van der Waals surface area contributed by atoms with Gasteiger partial charge in [-0.2, -0.15) is 0 Å². The first kappa shape index (κ1) is 9.07. The first-order valence-corrected chi connectivity index (χ1v) is 5.27. The zero-order chi connectivity index (χ0) is 9.10. The summed E-state index contributed by atoms with van der Waals surface area (Å²) in [6.07, 6.45) is 9.08. The Morgan fingerprint density at radius 2 is 2.08 bits per heavy atom. The molecule has 1 aliphatic carbocycles. The van der Waals surface area contributed by atoms with Crippen LogP contribution in [0.25, 0.3) is 0 Å². The van der Waals surface area contributed by atoms with Gasteiger partial charge in [0.25, 0.3) is 0 Å². The van der Waals surface area contributed by atoms with Crippen molar-refractivity contribution in [2.75, 3.05) is 13.7 Å². The van der Waals surface area contributed by atoms with Gasteiger partial charge in [-0.3, -0.25) is 0 Å². The van der Waals surface area contributed by atoms with E-state index in [1.807, 2.05) is 0 Å². The standard InChI is InChI=1S/C11H18O2/c1-12-10-7-8-13-11(10)9-5-3-2-4-6-9/h7,9,11H,2-6,8H2,1H3. The first-order valence-electron chi connectivity index (χ1n) is 5.27. The Morgan fingerprint density at radius 3 is 2.77 bits per heavy atom. The van der Waals surface area contributed by atoms with Crippen LogP contribution >= 0.6 is 0 Å². The molecule has 1 aliphatic heterocycles. The second kappa shape index (κ2) is 4.14. The molecule has 0 radical (unpaired) electrons. The van der Waals surface area contributed by atoms with E-state index in [1.54, 1.807) is 7.11 Å². The highest BCUT2D eigenvalue weighted by atomic mass is 16.5. The minimum Gasteiger partial charge on any atom is -0.499 e. The fourth-order valence-electron chi connectivity index (χ4n) is 2.44. The molecule has 0 aromatic carbocycles. The zero-order valence-electron chi connectivity index (χ0n) is 8.29. The van der Waals surface area contributed by atoms with Crippen molar-refractivity contribution >= 4 is 0 Å². The van der Waals surface area contributed by atoms with E-state index in [4.69, 9.17) is 9.47 Å². The Bertz CT molecular complexity index is 192. The van der Waals surface area contributed by atoms with Crippen LogP contribution in [0.5, 0.6) is 0 Å². The molecule has 1 heterocycles. The van der Waals surface area contributed by atoms with Gasteiger partial charge in [0.15, 0.2) is 0 Å². The molecule has 2 aliphatic rings. The van der Waals surface area contributed by atoms with Crippen molar-refractivity contribution in [1.29, 1.82) is 0 Å². The second-order valence-electron chi connectivity index (χ2n) is 3.96. The Balaban J connectivity index is 1.95. The van der Waals surface area contributed by atoms with Gasteiger partial charge >= 0.3 is 0 Å². The van der Waals surface area contributed by atoms with Crippen molar-refractivity contribution in [3.8, 4) is 0 Å². The van der Waals surface area contributed by atoms with Crippen LogP contribution in [-0.4, -0.2) is 19.8 Å². The minimum atomic E-state index is 0.269. The van der Waals surface area contributed by atoms with Gasteiger partial charge in [0.2, 0.25) is 0 Å². The summed E-state index contributed by atoms with van der Waals surface area (Å²) in [4.78, 5) is 0. The van der Waals surface area contributed by atoms with Gasteiger partial charge in [-0.15, -0.1) is 0 Å². The van der Waals surface area contributed by atoms with Crippen LogP contribution in [0.3, 0.4) is 0 Å². The lowest BCUT2D eigenvalue weighted by Gasteiger charge is -2.27. The summed E-state index contributed by atoms with van der Waals surface area (Å²) in [5, 5.41) is 0. The van der Waals surface area contributed by atoms with Crippen LogP contribution in [-0.2, 0) is 9.47 Å². The maximum absolute atomic E-state index is 5.68. The van der Waals surface area contributed by atoms with Gasteiger partial charge in [-0.1, -0.05) is 19.3 Å². The van der Waals surface area contributed by atoms with E-state index in [0.717, 1.165) is 12.4 Å². The smallest absolute Gasteiger partial charge is 0.123 e. The number of hydrogen-bond acceptors (Lipinski definition) is 2. The molecule has 1 atom stereocenters. The molecule has 1 unspecified atom stereocenters. The van der Waals surface area contributed by atoms with E-state index >= 15 is 0 Å². The van der Waals surface area contributed by atoms with Crippen molar-refractivity contribution in [2.24, 2.45) is 5.92 Å². The van der Waals surface area contributed by atoms with Gasteiger partial charge in [-0.05, 0) is 24.8 Å². The van der Waals surface area contributed by atoms with E-state index in [9.17, 15) is 0 Å². The van der Waals surface area contributed by atoms with Gasteiger partial charge in [0, 0.05) is 0 Å². The quantitative estimate of drug-likeness (QED) is 0.653. The fraction of sp³-hybridized carbons (Fsp3) is 0.818. The molecule has 0 bridgehead atoms. The number of hydrogen-bond donors (Lipinski definition) is 0. The Hall–Kier alpha value is -0.500. The lowest BCUT2D eigenvalue weighted by Crippen LogP contribution is -2.25. The maximum atomic E-state index is 5.68.